The molecule has 0 aliphatic carbocycles. The molecule has 0 saturated heterocycles. The molecule has 3 nitrogen and oxygen atoms in total. The van der Waals surface area contributed by atoms with Crippen molar-refractivity contribution < 1.29 is 13.2 Å². The average molecular weight is 334 g/mol. The van der Waals surface area contributed by atoms with Crippen molar-refractivity contribution in [3.05, 3.63) is 46.2 Å². The molecule has 1 N–H and O–H groups in total. The number of nitrogens with zero attached hydrogens (tertiary/aromatic N) is 2. The lowest BCUT2D eigenvalue weighted by Crippen LogP contribution is -2.06. The molecule has 0 saturated carbocycles. The monoisotopic (exact) mass is 333 g/mol. The van der Waals surface area contributed by atoms with Crippen molar-refractivity contribution in [2.45, 2.75) is 12.7 Å². The maximum absolute atomic E-state index is 12.5. The zero-order valence-electron chi connectivity index (χ0n) is 10.0. The predicted octanol–water partition coefficient (Wildman–Crippen LogP) is 3.37. The summed E-state index contributed by atoms with van der Waals surface area (Å²) in [5.74, 6) is 0. The Hall–Kier alpha value is -1.34. The van der Waals surface area contributed by atoms with Gasteiger partial charge in [0, 0.05) is 17.2 Å². The normalized spacial score (nSPS) is 11.8. The second-order valence-electron chi connectivity index (χ2n) is 3.99. The van der Waals surface area contributed by atoms with Gasteiger partial charge in [0.15, 0.2) is 0 Å². The summed E-state index contributed by atoms with van der Waals surface area (Å²) in [6, 6.07) is 5.41. The third-order valence-electron chi connectivity index (χ3n) is 2.55. The molecule has 1 aromatic heterocycles. The van der Waals surface area contributed by atoms with E-state index in [-0.39, 0.29) is 0 Å². The van der Waals surface area contributed by atoms with Crippen molar-refractivity contribution in [3.63, 3.8) is 0 Å². The lowest BCUT2D eigenvalue weighted by molar-refractivity contribution is -0.137. The zero-order valence-corrected chi connectivity index (χ0v) is 11.6. The van der Waals surface area contributed by atoms with Crippen molar-refractivity contribution in [2.24, 2.45) is 0 Å². The first-order chi connectivity index (χ1) is 8.91. The Labute approximate surface area is 116 Å². The molecule has 0 bridgehead atoms. The van der Waals surface area contributed by atoms with Crippen molar-refractivity contribution in [3.8, 4) is 5.69 Å². The van der Waals surface area contributed by atoms with Gasteiger partial charge in [-0.05, 0) is 40.7 Å². The van der Waals surface area contributed by atoms with E-state index < -0.39 is 11.7 Å². The van der Waals surface area contributed by atoms with Crippen LogP contribution in [0.3, 0.4) is 0 Å². The zero-order chi connectivity index (χ0) is 14.0. The Balaban J connectivity index is 2.34. The van der Waals surface area contributed by atoms with Crippen LogP contribution >= 0.6 is 15.9 Å². The number of hydrogen-bond donors (Lipinski definition) is 1. The molecule has 2 aromatic rings. The number of benzene rings is 1. The molecule has 19 heavy (non-hydrogen) atoms. The Morgan fingerprint density at radius 3 is 2.63 bits per heavy atom. The Bertz CT molecular complexity index is 578. The number of halogens is 4. The minimum atomic E-state index is -4.38. The summed E-state index contributed by atoms with van der Waals surface area (Å²) in [4.78, 5) is 0. The molecule has 1 heterocycles. The largest absolute Gasteiger partial charge is 0.419 e. The fraction of sp³-hybridized carbons (Fsp3) is 0.250. The average Bonchev–Trinajstić information content (AvgIpc) is 2.78. The maximum atomic E-state index is 12.5. The van der Waals surface area contributed by atoms with Gasteiger partial charge in [0.2, 0.25) is 0 Å². The molecular formula is C12H11BrF3N3. The van der Waals surface area contributed by atoms with Crippen LogP contribution < -0.4 is 5.32 Å². The number of alkyl halides is 3. The number of hydrogen-bond acceptors (Lipinski definition) is 2. The van der Waals surface area contributed by atoms with E-state index in [4.69, 9.17) is 0 Å². The fourth-order valence-electron chi connectivity index (χ4n) is 1.65. The van der Waals surface area contributed by atoms with Crippen LogP contribution in [-0.4, -0.2) is 16.8 Å². The van der Waals surface area contributed by atoms with E-state index in [0.29, 0.717) is 16.7 Å². The smallest absolute Gasteiger partial charge is 0.316 e. The van der Waals surface area contributed by atoms with Crippen LogP contribution in [0.25, 0.3) is 5.69 Å². The summed E-state index contributed by atoms with van der Waals surface area (Å²) in [6.45, 7) is 0.686. The summed E-state index contributed by atoms with van der Waals surface area (Å²) >= 11 is 3.34. The fourth-order valence-corrected chi connectivity index (χ4v) is 2.26. The molecule has 0 fully saturated rings. The Morgan fingerprint density at radius 1 is 1.37 bits per heavy atom. The highest BCUT2D eigenvalue weighted by Gasteiger charge is 2.32. The minimum absolute atomic E-state index is 0.565. The van der Waals surface area contributed by atoms with Crippen LogP contribution in [0, 0.1) is 0 Å². The van der Waals surface area contributed by atoms with Crippen LogP contribution in [0.15, 0.2) is 35.1 Å². The molecule has 102 valence electrons. The Kier molecular flexibility index (Phi) is 3.96. The third-order valence-corrected chi connectivity index (χ3v) is 3.18. The SMILES string of the molecule is CNCc1ccc(-n2cc(C(F)(F)F)cn2)c(Br)c1. The molecule has 0 aliphatic heterocycles. The maximum Gasteiger partial charge on any atom is 0.419 e. The van der Waals surface area contributed by atoms with Crippen molar-refractivity contribution >= 4 is 15.9 Å². The molecule has 0 atom stereocenters. The lowest BCUT2D eigenvalue weighted by Gasteiger charge is -2.07. The van der Waals surface area contributed by atoms with Gasteiger partial charge in [-0.2, -0.15) is 18.3 Å². The van der Waals surface area contributed by atoms with Crippen LogP contribution in [0.5, 0.6) is 0 Å². The van der Waals surface area contributed by atoms with Gasteiger partial charge >= 0.3 is 6.18 Å². The topological polar surface area (TPSA) is 29.9 Å². The van der Waals surface area contributed by atoms with Gasteiger partial charge in [-0.1, -0.05) is 6.07 Å². The quantitative estimate of drug-likeness (QED) is 0.933. The molecule has 0 aliphatic rings. The summed E-state index contributed by atoms with van der Waals surface area (Å²) in [5, 5.41) is 6.74. The number of nitrogens with one attached hydrogen (secondary N) is 1. The lowest BCUT2D eigenvalue weighted by atomic mass is 10.2. The van der Waals surface area contributed by atoms with Gasteiger partial charge in [0.25, 0.3) is 0 Å². The highest BCUT2D eigenvalue weighted by molar-refractivity contribution is 9.10. The Morgan fingerprint density at radius 2 is 2.11 bits per heavy atom. The molecular weight excluding hydrogens is 323 g/mol. The predicted molar refractivity (Wildman–Crippen MR) is 69.0 cm³/mol. The van der Waals surface area contributed by atoms with E-state index in [0.717, 1.165) is 18.0 Å². The molecule has 7 heteroatoms. The van der Waals surface area contributed by atoms with Crippen LogP contribution in [0.4, 0.5) is 13.2 Å². The van der Waals surface area contributed by atoms with Crippen molar-refractivity contribution in [2.75, 3.05) is 7.05 Å². The van der Waals surface area contributed by atoms with Gasteiger partial charge < -0.3 is 5.32 Å². The second kappa shape index (κ2) is 5.34. The number of rotatable bonds is 3. The molecule has 0 amide bonds. The molecule has 2 rings (SSSR count). The molecule has 1 aromatic carbocycles. The third kappa shape index (κ3) is 3.16. The van der Waals surface area contributed by atoms with Crippen LogP contribution in [0.2, 0.25) is 0 Å². The standard InChI is InChI=1S/C12H11BrF3N3/c1-17-5-8-2-3-11(10(13)4-8)19-7-9(6-18-19)12(14,15)16/h2-4,6-7,17H,5H2,1H3. The molecule has 0 unspecified atom stereocenters. The van der Waals surface area contributed by atoms with Gasteiger partial charge in [-0.25, -0.2) is 4.68 Å². The highest BCUT2D eigenvalue weighted by Crippen LogP contribution is 2.30. The van der Waals surface area contributed by atoms with Gasteiger partial charge in [0.05, 0.1) is 17.4 Å². The molecule has 0 spiro atoms. The van der Waals surface area contributed by atoms with E-state index in [1.54, 1.807) is 6.07 Å². The van der Waals surface area contributed by atoms with E-state index >= 15 is 0 Å². The minimum Gasteiger partial charge on any atom is -0.316 e. The van der Waals surface area contributed by atoms with Gasteiger partial charge in [-0.15, -0.1) is 0 Å². The summed E-state index contributed by atoms with van der Waals surface area (Å²) < 4.78 is 39.4. The van der Waals surface area contributed by atoms with Gasteiger partial charge in [-0.3, -0.25) is 0 Å². The first-order valence-electron chi connectivity index (χ1n) is 5.47. The van der Waals surface area contributed by atoms with Crippen molar-refractivity contribution in [1.82, 2.24) is 15.1 Å². The summed E-state index contributed by atoms with van der Waals surface area (Å²) in [6.07, 6.45) is -2.59. The van der Waals surface area contributed by atoms with E-state index in [9.17, 15) is 13.2 Å². The molecule has 0 radical (unpaired) electrons. The summed E-state index contributed by atoms with van der Waals surface area (Å²) in [5.41, 5.74) is 0.829. The second-order valence-corrected chi connectivity index (χ2v) is 4.84. The first-order valence-corrected chi connectivity index (χ1v) is 6.26. The van der Waals surface area contributed by atoms with Crippen LogP contribution in [0.1, 0.15) is 11.1 Å². The number of aromatic nitrogens is 2. The van der Waals surface area contributed by atoms with Crippen molar-refractivity contribution in [1.29, 1.82) is 0 Å². The summed E-state index contributed by atoms with van der Waals surface area (Å²) in [7, 11) is 1.82. The highest BCUT2D eigenvalue weighted by atomic mass is 79.9. The van der Waals surface area contributed by atoms with Gasteiger partial charge in [0.1, 0.15) is 0 Å². The first kappa shape index (κ1) is 14.1. The van der Waals surface area contributed by atoms with E-state index in [2.05, 4.69) is 26.3 Å². The van der Waals surface area contributed by atoms with E-state index in [1.807, 2.05) is 19.2 Å². The van der Waals surface area contributed by atoms with Crippen LogP contribution in [-0.2, 0) is 12.7 Å². The van der Waals surface area contributed by atoms with E-state index in [1.165, 1.54) is 4.68 Å².